The minimum Gasteiger partial charge on any atom is -0.322 e. The summed E-state index contributed by atoms with van der Waals surface area (Å²) in [6.07, 6.45) is 1.54. The number of carbonyl (C=O) groups excluding carboxylic acids is 1. The summed E-state index contributed by atoms with van der Waals surface area (Å²) in [6.45, 7) is 4.33. The van der Waals surface area contributed by atoms with Crippen LogP contribution in [-0.4, -0.2) is 26.6 Å². The first-order valence-corrected chi connectivity index (χ1v) is 9.97. The topological polar surface area (TPSA) is 66.5 Å². The van der Waals surface area contributed by atoms with Crippen molar-refractivity contribution in [1.82, 2.24) is 0 Å². The third kappa shape index (κ3) is 3.85. The number of sulfonamides is 1. The molecule has 1 amide bonds. The number of carbonyl (C=O) groups is 1. The first kappa shape index (κ1) is 17.5. The molecule has 1 N–H and O–H groups in total. The van der Waals surface area contributed by atoms with Crippen molar-refractivity contribution in [2.24, 2.45) is 0 Å². The molecule has 0 spiro atoms. The molecular formula is C19H22N2O3S. The van der Waals surface area contributed by atoms with Crippen LogP contribution in [0.3, 0.4) is 0 Å². The number of aryl methyl sites for hydroxylation is 2. The largest absolute Gasteiger partial charge is 0.322 e. The Morgan fingerprint density at radius 1 is 1.04 bits per heavy atom. The smallest absolute Gasteiger partial charge is 0.255 e. The minimum atomic E-state index is -3.28. The van der Waals surface area contributed by atoms with Crippen LogP contribution in [0.15, 0.2) is 42.5 Å². The van der Waals surface area contributed by atoms with Crippen molar-refractivity contribution in [2.45, 2.75) is 26.7 Å². The number of anilines is 2. The molecule has 0 unspecified atom stereocenters. The number of benzene rings is 2. The van der Waals surface area contributed by atoms with Crippen LogP contribution in [0.2, 0.25) is 0 Å². The first-order valence-electron chi connectivity index (χ1n) is 8.36. The molecule has 1 heterocycles. The lowest BCUT2D eigenvalue weighted by atomic mass is 10.1. The van der Waals surface area contributed by atoms with Crippen LogP contribution in [0.1, 0.15) is 34.3 Å². The van der Waals surface area contributed by atoms with Crippen molar-refractivity contribution in [3.05, 3.63) is 59.2 Å². The van der Waals surface area contributed by atoms with E-state index in [4.69, 9.17) is 0 Å². The van der Waals surface area contributed by atoms with Gasteiger partial charge in [-0.15, -0.1) is 0 Å². The van der Waals surface area contributed by atoms with Gasteiger partial charge in [0, 0.05) is 17.8 Å². The zero-order valence-electron chi connectivity index (χ0n) is 14.5. The van der Waals surface area contributed by atoms with Gasteiger partial charge in [-0.3, -0.25) is 9.10 Å². The third-order valence-electron chi connectivity index (χ3n) is 4.40. The number of rotatable bonds is 3. The molecule has 6 heteroatoms. The molecule has 2 aromatic carbocycles. The molecular weight excluding hydrogens is 336 g/mol. The lowest BCUT2D eigenvalue weighted by molar-refractivity contribution is 0.102. The summed E-state index contributed by atoms with van der Waals surface area (Å²) in [6, 6.07) is 12.7. The molecule has 0 aliphatic carbocycles. The van der Waals surface area contributed by atoms with Crippen molar-refractivity contribution >= 4 is 27.3 Å². The van der Waals surface area contributed by atoms with Crippen LogP contribution < -0.4 is 9.62 Å². The quantitative estimate of drug-likeness (QED) is 0.913. The second-order valence-corrected chi connectivity index (χ2v) is 8.43. The van der Waals surface area contributed by atoms with Crippen molar-refractivity contribution in [3.8, 4) is 0 Å². The summed E-state index contributed by atoms with van der Waals surface area (Å²) in [5.74, 6) is -0.0387. The lowest BCUT2D eigenvalue weighted by Crippen LogP contribution is -2.38. The minimum absolute atomic E-state index is 0.173. The molecule has 3 rings (SSSR count). The van der Waals surface area contributed by atoms with E-state index in [1.165, 1.54) is 4.31 Å². The fraction of sp³-hybridized carbons (Fsp3) is 0.316. The maximum absolute atomic E-state index is 12.4. The Morgan fingerprint density at radius 3 is 2.44 bits per heavy atom. The average Bonchev–Trinajstić information content (AvgIpc) is 2.57. The first-order chi connectivity index (χ1) is 11.9. The zero-order valence-corrected chi connectivity index (χ0v) is 15.3. The Kier molecular flexibility index (Phi) is 4.81. The maximum atomic E-state index is 12.4. The molecule has 0 radical (unpaired) electrons. The summed E-state index contributed by atoms with van der Waals surface area (Å²) in [7, 11) is -3.28. The fourth-order valence-corrected chi connectivity index (χ4v) is 4.62. The van der Waals surface area contributed by atoms with Gasteiger partial charge in [0.1, 0.15) is 0 Å². The number of nitrogens with zero attached hydrogens (tertiary/aromatic N) is 1. The number of hydrogen-bond donors (Lipinski definition) is 1. The molecule has 1 fully saturated rings. The molecule has 0 bridgehead atoms. The van der Waals surface area contributed by atoms with E-state index in [1.807, 2.05) is 32.0 Å². The highest BCUT2D eigenvalue weighted by Crippen LogP contribution is 2.29. The summed E-state index contributed by atoms with van der Waals surface area (Å²) in [5.41, 5.74) is 3.76. The van der Waals surface area contributed by atoms with E-state index in [1.54, 1.807) is 24.3 Å². The summed E-state index contributed by atoms with van der Waals surface area (Å²) in [4.78, 5) is 12.4. The van der Waals surface area contributed by atoms with Crippen LogP contribution in [0.25, 0.3) is 0 Å². The normalized spacial score (nSPS) is 16.5. The molecule has 132 valence electrons. The van der Waals surface area contributed by atoms with E-state index in [0.29, 0.717) is 29.9 Å². The highest BCUT2D eigenvalue weighted by atomic mass is 32.2. The van der Waals surface area contributed by atoms with Crippen molar-refractivity contribution in [3.63, 3.8) is 0 Å². The van der Waals surface area contributed by atoms with Crippen LogP contribution in [0.4, 0.5) is 11.4 Å². The average molecular weight is 358 g/mol. The second kappa shape index (κ2) is 6.88. The Labute approximate surface area is 148 Å². The molecule has 0 aromatic heterocycles. The Morgan fingerprint density at radius 2 is 1.76 bits per heavy atom. The molecule has 25 heavy (non-hydrogen) atoms. The summed E-state index contributed by atoms with van der Waals surface area (Å²) >= 11 is 0. The van der Waals surface area contributed by atoms with E-state index in [0.717, 1.165) is 17.5 Å². The van der Waals surface area contributed by atoms with Gasteiger partial charge in [-0.2, -0.15) is 0 Å². The Bertz CT molecular complexity index is 889. The van der Waals surface area contributed by atoms with Gasteiger partial charge < -0.3 is 5.32 Å². The number of amides is 1. The summed E-state index contributed by atoms with van der Waals surface area (Å²) in [5, 5.41) is 2.85. The van der Waals surface area contributed by atoms with Crippen molar-refractivity contribution < 1.29 is 13.2 Å². The molecule has 2 aromatic rings. The van der Waals surface area contributed by atoms with Gasteiger partial charge >= 0.3 is 0 Å². The van der Waals surface area contributed by atoms with E-state index < -0.39 is 10.0 Å². The predicted octanol–water partition coefficient (Wildman–Crippen LogP) is 3.49. The molecule has 1 aliphatic heterocycles. The standard InChI is InChI=1S/C19H22N2O3S/c1-14-5-8-16(9-6-14)19(22)20-17-10-7-15(2)18(13-17)21-11-3-4-12-25(21,23)24/h5-10,13H,3-4,11-12H2,1-2H3,(H,20,22). The summed E-state index contributed by atoms with van der Waals surface area (Å²) < 4.78 is 26.2. The molecule has 1 aliphatic rings. The monoisotopic (exact) mass is 358 g/mol. The highest BCUT2D eigenvalue weighted by Gasteiger charge is 2.27. The van der Waals surface area contributed by atoms with Gasteiger partial charge in [0.25, 0.3) is 5.91 Å². The van der Waals surface area contributed by atoms with Gasteiger partial charge in [0.15, 0.2) is 0 Å². The van der Waals surface area contributed by atoms with Gasteiger partial charge in [-0.25, -0.2) is 8.42 Å². The van der Waals surface area contributed by atoms with E-state index in [2.05, 4.69) is 5.32 Å². The van der Waals surface area contributed by atoms with E-state index in [9.17, 15) is 13.2 Å². The molecule has 5 nitrogen and oxygen atoms in total. The van der Waals surface area contributed by atoms with Crippen LogP contribution in [0, 0.1) is 13.8 Å². The molecule has 0 saturated carbocycles. The van der Waals surface area contributed by atoms with Crippen LogP contribution in [0.5, 0.6) is 0 Å². The second-order valence-electron chi connectivity index (χ2n) is 6.42. The van der Waals surface area contributed by atoms with Crippen LogP contribution >= 0.6 is 0 Å². The van der Waals surface area contributed by atoms with Gasteiger partial charge in [-0.05, 0) is 56.5 Å². The predicted molar refractivity (Wildman–Crippen MR) is 101 cm³/mol. The van der Waals surface area contributed by atoms with Crippen molar-refractivity contribution in [1.29, 1.82) is 0 Å². The van der Waals surface area contributed by atoms with Gasteiger partial charge in [0.2, 0.25) is 10.0 Å². The Balaban J connectivity index is 1.86. The van der Waals surface area contributed by atoms with Gasteiger partial charge in [-0.1, -0.05) is 23.8 Å². The SMILES string of the molecule is Cc1ccc(C(=O)Nc2ccc(C)c(N3CCCCS3(=O)=O)c2)cc1. The van der Waals surface area contributed by atoms with Gasteiger partial charge in [0.05, 0.1) is 11.4 Å². The molecule has 1 saturated heterocycles. The Hall–Kier alpha value is -2.34. The molecule has 0 atom stereocenters. The van der Waals surface area contributed by atoms with E-state index >= 15 is 0 Å². The van der Waals surface area contributed by atoms with Crippen molar-refractivity contribution in [2.75, 3.05) is 21.9 Å². The van der Waals surface area contributed by atoms with E-state index in [-0.39, 0.29) is 11.7 Å². The third-order valence-corrected chi connectivity index (χ3v) is 6.25. The van der Waals surface area contributed by atoms with Crippen LogP contribution in [-0.2, 0) is 10.0 Å². The maximum Gasteiger partial charge on any atom is 0.255 e. The highest BCUT2D eigenvalue weighted by molar-refractivity contribution is 7.92. The number of nitrogens with one attached hydrogen (secondary N) is 1. The fourth-order valence-electron chi connectivity index (χ4n) is 2.92. The lowest BCUT2D eigenvalue weighted by Gasteiger charge is -2.29. The zero-order chi connectivity index (χ0) is 18.0. The number of hydrogen-bond acceptors (Lipinski definition) is 3.